The second-order valence-corrected chi connectivity index (χ2v) is 6.94. The first-order valence-corrected chi connectivity index (χ1v) is 8.48. The topological polar surface area (TPSA) is 156 Å². The number of rotatable bonds is 9. The van der Waals surface area contributed by atoms with E-state index in [9.17, 15) is 14.4 Å². The van der Waals surface area contributed by atoms with E-state index < -0.39 is 29.5 Å². The molecule has 1 rings (SSSR count). The molecule has 0 spiro atoms. The maximum absolute atomic E-state index is 11.8. The van der Waals surface area contributed by atoms with Gasteiger partial charge in [-0.2, -0.15) is 0 Å². The summed E-state index contributed by atoms with van der Waals surface area (Å²) >= 11 is 0. The minimum absolute atomic E-state index is 0.0663. The molecule has 0 aromatic carbocycles. The van der Waals surface area contributed by atoms with Crippen LogP contribution in [0.15, 0.2) is 0 Å². The van der Waals surface area contributed by atoms with Crippen molar-refractivity contribution in [3.63, 3.8) is 0 Å². The largest absolute Gasteiger partial charge is 0.480 e. The van der Waals surface area contributed by atoms with Crippen molar-refractivity contribution in [3.8, 4) is 0 Å². The van der Waals surface area contributed by atoms with Crippen molar-refractivity contribution in [1.29, 1.82) is 0 Å². The maximum Gasteiger partial charge on any atom is 0.357 e. The zero-order chi connectivity index (χ0) is 16.0. The zero-order valence-electron chi connectivity index (χ0n) is 11.1. The van der Waals surface area contributed by atoms with Gasteiger partial charge in [0.1, 0.15) is 6.04 Å². The third-order valence-corrected chi connectivity index (χ3v) is 5.20. The van der Waals surface area contributed by atoms with Gasteiger partial charge in [-0.1, -0.05) is 21.6 Å². The Balaban J connectivity index is 2.45. The lowest BCUT2D eigenvalue weighted by molar-refractivity contribution is -0.213. The summed E-state index contributed by atoms with van der Waals surface area (Å²) in [6.45, 7) is 1.10. The number of hydroxylamine groups is 2. The van der Waals surface area contributed by atoms with Gasteiger partial charge in [-0.05, 0) is 6.42 Å². The summed E-state index contributed by atoms with van der Waals surface area (Å²) in [7, 11) is 2.00. The number of aliphatic carboxylic acids is 2. The molecule has 120 valence electrons. The highest BCUT2D eigenvalue weighted by atomic mass is 33.1. The normalized spacial score (nSPS) is 19.1. The summed E-state index contributed by atoms with van der Waals surface area (Å²) in [6, 6.07) is -1.06. The molecule has 6 N–H and O–H groups in total. The van der Waals surface area contributed by atoms with Crippen LogP contribution in [0.5, 0.6) is 0 Å². The molecule has 2 unspecified atom stereocenters. The summed E-state index contributed by atoms with van der Waals surface area (Å²) in [6.07, 6.45) is 0.871. The van der Waals surface area contributed by atoms with Gasteiger partial charge < -0.3 is 26.5 Å². The number of hydrogen-bond acceptors (Lipinski definition) is 9. The fourth-order valence-corrected chi connectivity index (χ4v) is 3.54. The van der Waals surface area contributed by atoms with Crippen LogP contribution in [-0.2, 0) is 19.2 Å². The van der Waals surface area contributed by atoms with Crippen LogP contribution in [0.2, 0.25) is 0 Å². The van der Waals surface area contributed by atoms with Gasteiger partial charge in [0, 0.05) is 24.6 Å². The highest BCUT2D eigenvalue weighted by molar-refractivity contribution is 8.76. The van der Waals surface area contributed by atoms with Gasteiger partial charge in [0.15, 0.2) is 0 Å². The number of carbonyl (C=O) groups excluding carboxylic acids is 1. The molecule has 11 heteroatoms. The quantitative estimate of drug-likeness (QED) is 0.225. The van der Waals surface area contributed by atoms with Crippen molar-refractivity contribution in [2.24, 2.45) is 11.5 Å². The van der Waals surface area contributed by atoms with E-state index in [4.69, 9.17) is 26.5 Å². The van der Waals surface area contributed by atoms with Crippen LogP contribution in [-0.4, -0.2) is 69.4 Å². The van der Waals surface area contributed by atoms with Crippen molar-refractivity contribution in [1.82, 2.24) is 5.06 Å². The lowest BCUT2D eigenvalue weighted by atomic mass is 10.1. The number of nitrogens with two attached hydrogens (primary N) is 2. The van der Waals surface area contributed by atoms with Gasteiger partial charge >= 0.3 is 17.9 Å². The predicted octanol–water partition coefficient (Wildman–Crippen LogP) is -1.27. The summed E-state index contributed by atoms with van der Waals surface area (Å²) in [4.78, 5) is 38.4. The molecule has 0 aromatic rings. The molecule has 0 bridgehead atoms. The standard InChI is InChI=1S/C10H17N3O6S2/c11-6(7(14)15)4-20-21-5-10(12,8(16)17)9(18)19-13-2-1-3-13/h6H,1-5,11-12H2,(H,14,15)(H,16,17). The van der Waals surface area contributed by atoms with Crippen molar-refractivity contribution >= 4 is 39.5 Å². The van der Waals surface area contributed by atoms with E-state index in [1.807, 2.05) is 0 Å². The number of hydrogen-bond donors (Lipinski definition) is 4. The van der Waals surface area contributed by atoms with Crippen LogP contribution in [0, 0.1) is 0 Å². The van der Waals surface area contributed by atoms with Crippen molar-refractivity contribution < 1.29 is 29.4 Å². The molecule has 1 heterocycles. The Kier molecular flexibility index (Phi) is 6.74. The lowest BCUT2D eigenvalue weighted by Gasteiger charge is -2.31. The van der Waals surface area contributed by atoms with Crippen LogP contribution in [0.4, 0.5) is 0 Å². The van der Waals surface area contributed by atoms with Crippen molar-refractivity contribution in [2.45, 2.75) is 18.0 Å². The molecule has 1 aliphatic rings. The van der Waals surface area contributed by atoms with E-state index in [1.54, 1.807) is 0 Å². The monoisotopic (exact) mass is 339 g/mol. The van der Waals surface area contributed by atoms with Gasteiger partial charge in [-0.3, -0.25) is 4.79 Å². The van der Waals surface area contributed by atoms with Gasteiger partial charge in [0.25, 0.3) is 0 Å². The summed E-state index contributed by atoms with van der Waals surface area (Å²) in [5, 5.41) is 19.1. The number of carbonyl (C=O) groups is 3. The van der Waals surface area contributed by atoms with Crippen LogP contribution in [0.3, 0.4) is 0 Å². The van der Waals surface area contributed by atoms with Crippen molar-refractivity contribution in [2.75, 3.05) is 24.6 Å². The number of carboxylic acids is 2. The lowest BCUT2D eigenvalue weighted by Crippen LogP contribution is -2.59. The van der Waals surface area contributed by atoms with E-state index in [2.05, 4.69) is 0 Å². The molecule has 0 radical (unpaired) electrons. The Bertz CT molecular complexity index is 420. The maximum atomic E-state index is 11.8. The molecule has 2 atom stereocenters. The van der Waals surface area contributed by atoms with Gasteiger partial charge in [-0.25, -0.2) is 9.59 Å². The molecular weight excluding hydrogens is 322 g/mol. The smallest absolute Gasteiger partial charge is 0.357 e. The molecule has 1 saturated heterocycles. The first kappa shape index (κ1) is 18.0. The van der Waals surface area contributed by atoms with E-state index in [0.29, 0.717) is 13.1 Å². The highest BCUT2D eigenvalue weighted by Gasteiger charge is 2.45. The molecule has 1 aliphatic heterocycles. The molecule has 0 aromatic heterocycles. The summed E-state index contributed by atoms with van der Waals surface area (Å²) in [5.74, 6) is -3.88. The van der Waals surface area contributed by atoms with E-state index in [1.165, 1.54) is 5.06 Å². The zero-order valence-corrected chi connectivity index (χ0v) is 12.7. The highest BCUT2D eigenvalue weighted by Crippen LogP contribution is 2.26. The molecule has 21 heavy (non-hydrogen) atoms. The second kappa shape index (κ2) is 7.84. The Morgan fingerprint density at radius 1 is 1.29 bits per heavy atom. The fourth-order valence-electron chi connectivity index (χ4n) is 1.11. The molecule has 9 nitrogen and oxygen atoms in total. The molecular formula is C10H17N3O6S2. The molecule has 0 amide bonds. The number of carboxylic acid groups (broad SMARTS) is 2. The van der Waals surface area contributed by atoms with Crippen LogP contribution in [0.1, 0.15) is 6.42 Å². The average molecular weight is 339 g/mol. The fraction of sp³-hybridized carbons (Fsp3) is 0.700. The second-order valence-electron chi connectivity index (χ2n) is 4.43. The minimum atomic E-state index is -2.18. The number of nitrogens with zero attached hydrogens (tertiary/aromatic N) is 1. The average Bonchev–Trinajstić information content (AvgIpc) is 2.37. The summed E-state index contributed by atoms with van der Waals surface area (Å²) < 4.78 is 0. The van der Waals surface area contributed by atoms with Crippen LogP contribution < -0.4 is 11.5 Å². The van der Waals surface area contributed by atoms with E-state index in [0.717, 1.165) is 28.0 Å². The van der Waals surface area contributed by atoms with Crippen LogP contribution in [0.25, 0.3) is 0 Å². The Morgan fingerprint density at radius 3 is 2.33 bits per heavy atom. The molecule has 0 aliphatic carbocycles. The Morgan fingerprint density at radius 2 is 1.90 bits per heavy atom. The van der Waals surface area contributed by atoms with E-state index >= 15 is 0 Å². The van der Waals surface area contributed by atoms with Gasteiger partial charge in [0.2, 0.25) is 5.54 Å². The van der Waals surface area contributed by atoms with E-state index in [-0.39, 0.29) is 11.5 Å². The Hall–Kier alpha value is -1.01. The first-order chi connectivity index (χ1) is 9.77. The Labute approximate surface area is 128 Å². The molecule has 0 saturated carbocycles. The SMILES string of the molecule is NC(CSSCC(N)(C(=O)O)C(=O)ON1CCC1)C(=O)O. The predicted molar refractivity (Wildman–Crippen MR) is 77.4 cm³/mol. The van der Waals surface area contributed by atoms with Gasteiger partial charge in [-0.15, -0.1) is 5.06 Å². The van der Waals surface area contributed by atoms with Crippen LogP contribution >= 0.6 is 21.6 Å². The van der Waals surface area contributed by atoms with Gasteiger partial charge in [0.05, 0.1) is 0 Å². The summed E-state index contributed by atoms with van der Waals surface area (Å²) in [5.41, 5.74) is 8.72. The third kappa shape index (κ3) is 5.04. The first-order valence-electron chi connectivity index (χ1n) is 6.00. The minimum Gasteiger partial charge on any atom is -0.480 e. The third-order valence-electron chi connectivity index (χ3n) is 2.71. The molecule has 1 fully saturated rings. The van der Waals surface area contributed by atoms with Crippen molar-refractivity contribution in [3.05, 3.63) is 0 Å².